The van der Waals surface area contributed by atoms with Crippen LogP contribution in [0, 0.1) is 0 Å². The van der Waals surface area contributed by atoms with Crippen molar-refractivity contribution in [2.24, 2.45) is 0 Å². The number of rotatable bonds is 5. The number of esters is 1. The molecule has 0 amide bonds. The Morgan fingerprint density at radius 2 is 2.36 bits per heavy atom. The van der Waals surface area contributed by atoms with Crippen LogP contribution in [0.25, 0.3) is 0 Å². The second-order valence-electron chi connectivity index (χ2n) is 2.82. The highest BCUT2D eigenvalue weighted by Gasteiger charge is 2.10. The van der Waals surface area contributed by atoms with Crippen LogP contribution in [0.15, 0.2) is 16.5 Å². The molecule has 0 N–H and O–H groups in total. The van der Waals surface area contributed by atoms with Crippen LogP contribution in [-0.2, 0) is 16.0 Å². The molecule has 4 nitrogen and oxygen atoms in total. The van der Waals surface area contributed by atoms with E-state index < -0.39 is 5.97 Å². The molecule has 1 rings (SSSR count). The monoisotopic (exact) mass is 196 g/mol. The molecule has 0 aliphatic carbocycles. The van der Waals surface area contributed by atoms with E-state index in [0.29, 0.717) is 18.6 Å². The Morgan fingerprint density at radius 1 is 1.57 bits per heavy atom. The summed E-state index contributed by atoms with van der Waals surface area (Å²) in [6.45, 7) is 0. The van der Waals surface area contributed by atoms with Crippen molar-refractivity contribution in [1.82, 2.24) is 0 Å². The maximum atomic E-state index is 11.0. The summed E-state index contributed by atoms with van der Waals surface area (Å²) < 4.78 is 9.68. The molecule has 14 heavy (non-hydrogen) atoms. The normalized spacial score (nSPS) is 9.79. The first-order valence-electron chi connectivity index (χ1n) is 4.38. The van der Waals surface area contributed by atoms with Crippen LogP contribution >= 0.6 is 0 Å². The predicted octanol–water partition coefficient (Wildman–Crippen LogP) is 1.59. The second kappa shape index (κ2) is 5.21. The second-order valence-corrected chi connectivity index (χ2v) is 2.82. The molecule has 0 fully saturated rings. The molecule has 0 unspecified atom stereocenters. The summed E-state index contributed by atoms with van der Waals surface area (Å²) in [5.41, 5.74) is 0. The number of ether oxygens (including phenoxy) is 1. The lowest BCUT2D eigenvalue weighted by Gasteiger charge is -1.94. The number of furan rings is 1. The van der Waals surface area contributed by atoms with Crippen LogP contribution in [0.1, 0.15) is 29.2 Å². The van der Waals surface area contributed by atoms with Gasteiger partial charge in [-0.15, -0.1) is 0 Å². The third kappa shape index (κ3) is 2.73. The molecule has 0 saturated heterocycles. The van der Waals surface area contributed by atoms with Crippen molar-refractivity contribution in [3.63, 3.8) is 0 Å². The average Bonchev–Trinajstić information content (AvgIpc) is 2.66. The fraction of sp³-hybridized carbons (Fsp3) is 0.400. The smallest absolute Gasteiger partial charge is 0.373 e. The van der Waals surface area contributed by atoms with Gasteiger partial charge in [0.2, 0.25) is 5.76 Å². The molecule has 1 aromatic heterocycles. The van der Waals surface area contributed by atoms with E-state index in [1.54, 1.807) is 12.1 Å². The zero-order valence-electron chi connectivity index (χ0n) is 7.99. The highest BCUT2D eigenvalue weighted by molar-refractivity contribution is 5.86. The van der Waals surface area contributed by atoms with Gasteiger partial charge in [-0.25, -0.2) is 4.79 Å². The number of unbranched alkanes of at least 4 members (excludes halogenated alkanes) is 1. The highest BCUT2D eigenvalue weighted by atomic mass is 16.5. The van der Waals surface area contributed by atoms with Crippen molar-refractivity contribution in [1.29, 1.82) is 0 Å². The molecule has 0 bridgehead atoms. The lowest BCUT2D eigenvalue weighted by Crippen LogP contribution is -1.98. The summed E-state index contributed by atoms with van der Waals surface area (Å²) in [6, 6.07) is 3.29. The Hall–Kier alpha value is -1.58. The zero-order chi connectivity index (χ0) is 10.4. The van der Waals surface area contributed by atoms with E-state index in [1.807, 2.05) is 0 Å². The summed E-state index contributed by atoms with van der Waals surface area (Å²) in [7, 11) is 1.30. The van der Waals surface area contributed by atoms with Gasteiger partial charge in [0.25, 0.3) is 0 Å². The third-order valence-electron chi connectivity index (χ3n) is 1.79. The Labute approximate surface area is 81.9 Å². The summed E-state index contributed by atoms with van der Waals surface area (Å²) in [6.07, 6.45) is 2.77. The first-order valence-corrected chi connectivity index (χ1v) is 4.38. The van der Waals surface area contributed by atoms with Gasteiger partial charge in [0, 0.05) is 12.8 Å². The van der Waals surface area contributed by atoms with E-state index >= 15 is 0 Å². The van der Waals surface area contributed by atoms with Crippen LogP contribution in [0.4, 0.5) is 0 Å². The van der Waals surface area contributed by atoms with E-state index in [9.17, 15) is 9.59 Å². The molecule has 76 valence electrons. The number of hydrogen-bond donors (Lipinski definition) is 0. The number of carbonyl (C=O) groups excluding carboxylic acids is 2. The van der Waals surface area contributed by atoms with E-state index in [1.165, 1.54) is 7.11 Å². The SMILES string of the molecule is COC(=O)c1ccc(CCCC=O)o1. The Bertz CT molecular complexity index is 314. The van der Waals surface area contributed by atoms with Crippen molar-refractivity contribution in [3.05, 3.63) is 23.7 Å². The quantitative estimate of drug-likeness (QED) is 0.407. The van der Waals surface area contributed by atoms with Crippen LogP contribution in [-0.4, -0.2) is 19.4 Å². The number of methoxy groups -OCH3 is 1. The number of aldehydes is 1. The average molecular weight is 196 g/mol. The summed E-state index contributed by atoms with van der Waals surface area (Å²) in [5.74, 6) is 0.424. The van der Waals surface area contributed by atoms with Gasteiger partial charge >= 0.3 is 5.97 Å². The van der Waals surface area contributed by atoms with Crippen LogP contribution in [0.5, 0.6) is 0 Å². The third-order valence-corrected chi connectivity index (χ3v) is 1.79. The lowest BCUT2D eigenvalue weighted by molar-refractivity contribution is -0.107. The highest BCUT2D eigenvalue weighted by Crippen LogP contribution is 2.11. The molecule has 0 spiro atoms. The van der Waals surface area contributed by atoms with Crippen molar-refractivity contribution in [2.45, 2.75) is 19.3 Å². The Morgan fingerprint density at radius 3 is 3.00 bits per heavy atom. The standard InChI is InChI=1S/C10H12O4/c1-13-10(12)9-6-5-8(14-9)4-2-3-7-11/h5-7H,2-4H2,1H3. The lowest BCUT2D eigenvalue weighted by atomic mass is 10.2. The first kappa shape index (κ1) is 10.5. The van der Waals surface area contributed by atoms with Gasteiger partial charge in [0.15, 0.2) is 0 Å². The van der Waals surface area contributed by atoms with Gasteiger partial charge in [-0.3, -0.25) is 0 Å². The summed E-state index contributed by atoms with van der Waals surface area (Å²) in [5, 5.41) is 0. The molecular formula is C10H12O4. The van der Waals surface area contributed by atoms with Crippen molar-refractivity contribution in [3.8, 4) is 0 Å². The van der Waals surface area contributed by atoms with Crippen LogP contribution < -0.4 is 0 Å². The van der Waals surface area contributed by atoms with E-state index in [0.717, 1.165) is 12.7 Å². The Kier molecular flexibility index (Phi) is 3.91. The predicted molar refractivity (Wildman–Crippen MR) is 49.0 cm³/mol. The van der Waals surface area contributed by atoms with E-state index in [2.05, 4.69) is 4.74 Å². The summed E-state index contributed by atoms with van der Waals surface area (Å²) in [4.78, 5) is 21.0. The molecule has 1 heterocycles. The van der Waals surface area contributed by atoms with Crippen molar-refractivity contribution in [2.75, 3.05) is 7.11 Å². The van der Waals surface area contributed by atoms with Crippen LogP contribution in [0.2, 0.25) is 0 Å². The van der Waals surface area contributed by atoms with Gasteiger partial charge in [0.05, 0.1) is 7.11 Å². The van der Waals surface area contributed by atoms with Gasteiger partial charge in [-0.1, -0.05) is 0 Å². The van der Waals surface area contributed by atoms with Crippen molar-refractivity contribution < 1.29 is 18.7 Å². The fourth-order valence-corrected chi connectivity index (χ4v) is 1.08. The van der Waals surface area contributed by atoms with Gasteiger partial charge in [-0.05, 0) is 18.6 Å². The maximum absolute atomic E-state index is 11.0. The maximum Gasteiger partial charge on any atom is 0.373 e. The minimum absolute atomic E-state index is 0.202. The molecule has 4 heteroatoms. The molecule has 0 atom stereocenters. The summed E-state index contributed by atoms with van der Waals surface area (Å²) >= 11 is 0. The Balaban J connectivity index is 2.50. The molecule has 0 radical (unpaired) electrons. The molecule has 1 aromatic rings. The van der Waals surface area contributed by atoms with Crippen molar-refractivity contribution >= 4 is 12.3 Å². The largest absolute Gasteiger partial charge is 0.463 e. The number of aryl methyl sites for hydroxylation is 1. The first-order chi connectivity index (χ1) is 6.77. The molecule has 0 aliphatic heterocycles. The van der Waals surface area contributed by atoms with Gasteiger partial charge in [0.1, 0.15) is 12.0 Å². The van der Waals surface area contributed by atoms with E-state index in [-0.39, 0.29) is 5.76 Å². The molecular weight excluding hydrogens is 184 g/mol. The molecule has 0 aromatic carbocycles. The zero-order valence-corrected chi connectivity index (χ0v) is 7.99. The fourth-order valence-electron chi connectivity index (χ4n) is 1.08. The molecule has 0 aliphatic rings. The van der Waals surface area contributed by atoms with E-state index in [4.69, 9.17) is 4.42 Å². The minimum Gasteiger partial charge on any atom is -0.463 e. The molecule has 0 saturated carbocycles. The van der Waals surface area contributed by atoms with Crippen LogP contribution in [0.3, 0.4) is 0 Å². The van der Waals surface area contributed by atoms with Gasteiger partial charge < -0.3 is 13.9 Å². The topological polar surface area (TPSA) is 56.5 Å². The minimum atomic E-state index is -0.480. The number of carbonyl (C=O) groups is 2. The van der Waals surface area contributed by atoms with Gasteiger partial charge in [-0.2, -0.15) is 0 Å². The number of hydrogen-bond acceptors (Lipinski definition) is 4.